The van der Waals surface area contributed by atoms with Crippen LogP contribution in [0.4, 0.5) is 5.13 Å². The van der Waals surface area contributed by atoms with Crippen molar-refractivity contribution in [3.63, 3.8) is 0 Å². The van der Waals surface area contributed by atoms with E-state index in [1.165, 1.54) is 15.6 Å². The van der Waals surface area contributed by atoms with E-state index in [-0.39, 0.29) is 17.2 Å². The Labute approximate surface area is 197 Å². The van der Waals surface area contributed by atoms with Crippen LogP contribution >= 0.6 is 11.3 Å². The Morgan fingerprint density at radius 2 is 1.82 bits per heavy atom. The highest BCUT2D eigenvalue weighted by molar-refractivity contribution is 7.89. The van der Waals surface area contributed by atoms with Crippen molar-refractivity contribution in [2.24, 2.45) is 0 Å². The first-order valence-electron chi connectivity index (χ1n) is 10.5. The molecule has 2 aromatic carbocycles. The molecular formula is C23H25N3O5S2. The first-order valence-corrected chi connectivity index (χ1v) is 12.8. The van der Waals surface area contributed by atoms with E-state index in [1.54, 1.807) is 31.4 Å². The minimum Gasteiger partial charge on any atom is -0.497 e. The molecule has 2 heterocycles. The van der Waals surface area contributed by atoms with Crippen molar-refractivity contribution in [2.45, 2.75) is 17.7 Å². The second-order valence-electron chi connectivity index (χ2n) is 7.47. The Bertz CT molecular complexity index is 1190. The van der Waals surface area contributed by atoms with Crippen molar-refractivity contribution in [1.82, 2.24) is 9.29 Å². The maximum absolute atomic E-state index is 12.7. The highest BCUT2D eigenvalue weighted by atomic mass is 32.2. The van der Waals surface area contributed by atoms with Gasteiger partial charge < -0.3 is 14.8 Å². The van der Waals surface area contributed by atoms with Gasteiger partial charge in [0.05, 0.1) is 30.9 Å². The van der Waals surface area contributed by atoms with Gasteiger partial charge in [-0.05, 0) is 48.4 Å². The zero-order valence-electron chi connectivity index (χ0n) is 18.2. The van der Waals surface area contributed by atoms with Gasteiger partial charge >= 0.3 is 0 Å². The number of morpholine rings is 1. The number of carbonyl (C=O) groups is 1. The van der Waals surface area contributed by atoms with Crippen LogP contribution in [0.25, 0.3) is 11.3 Å². The van der Waals surface area contributed by atoms with Gasteiger partial charge in [-0.25, -0.2) is 13.4 Å². The lowest BCUT2D eigenvalue weighted by atomic mass is 10.1. The Morgan fingerprint density at radius 1 is 1.12 bits per heavy atom. The van der Waals surface area contributed by atoms with E-state index in [4.69, 9.17) is 9.47 Å². The first-order chi connectivity index (χ1) is 16.0. The number of methoxy groups -OCH3 is 1. The molecule has 0 bridgehead atoms. The summed E-state index contributed by atoms with van der Waals surface area (Å²) in [5, 5.41) is 5.27. The van der Waals surface area contributed by atoms with Gasteiger partial charge in [0.15, 0.2) is 5.13 Å². The molecule has 1 amide bonds. The second-order valence-corrected chi connectivity index (χ2v) is 10.3. The number of benzene rings is 2. The van der Waals surface area contributed by atoms with Crippen LogP contribution in [0.15, 0.2) is 58.8 Å². The molecule has 0 spiro atoms. The summed E-state index contributed by atoms with van der Waals surface area (Å²) < 4.78 is 37.2. The standard InChI is InChI=1S/C23H25N3O5S2/c1-30-19-7-5-18(6-8-19)21-16-32-23(24-21)25-22(27)11-4-17-2-9-20(10-3-17)33(28,29)26-12-14-31-15-13-26/h2-3,5-10,16H,4,11-15H2,1H3,(H,24,25,27). The molecule has 0 atom stereocenters. The Balaban J connectivity index is 1.30. The lowest BCUT2D eigenvalue weighted by molar-refractivity contribution is -0.116. The van der Waals surface area contributed by atoms with E-state index in [0.29, 0.717) is 37.9 Å². The second kappa shape index (κ2) is 10.4. The maximum Gasteiger partial charge on any atom is 0.243 e. The summed E-state index contributed by atoms with van der Waals surface area (Å²) in [6.07, 6.45) is 0.771. The predicted octanol–water partition coefficient (Wildman–Crippen LogP) is 3.41. The van der Waals surface area contributed by atoms with Crippen molar-refractivity contribution in [1.29, 1.82) is 0 Å². The number of aromatic nitrogens is 1. The van der Waals surface area contributed by atoms with Crippen LogP contribution in [0, 0.1) is 0 Å². The molecule has 1 aliphatic heterocycles. The third-order valence-electron chi connectivity index (χ3n) is 5.31. The van der Waals surface area contributed by atoms with Crippen LogP contribution in [-0.4, -0.2) is 57.0 Å². The fourth-order valence-electron chi connectivity index (χ4n) is 3.43. The van der Waals surface area contributed by atoms with E-state index < -0.39 is 10.0 Å². The molecule has 0 aliphatic carbocycles. The van der Waals surface area contributed by atoms with Gasteiger partial charge in [0.25, 0.3) is 0 Å². The minimum atomic E-state index is -3.52. The molecule has 0 saturated carbocycles. The summed E-state index contributed by atoms with van der Waals surface area (Å²) in [5.74, 6) is 0.630. The summed E-state index contributed by atoms with van der Waals surface area (Å²) in [6.45, 7) is 1.54. The van der Waals surface area contributed by atoms with Crippen molar-refractivity contribution in [3.8, 4) is 17.0 Å². The molecule has 4 rings (SSSR count). The molecular weight excluding hydrogens is 462 g/mol. The number of nitrogens with zero attached hydrogens (tertiary/aromatic N) is 2. The summed E-state index contributed by atoms with van der Waals surface area (Å²) in [4.78, 5) is 17.1. The number of carbonyl (C=O) groups excluding carboxylic acids is 1. The average molecular weight is 488 g/mol. The summed E-state index contributed by atoms with van der Waals surface area (Å²) in [6, 6.07) is 14.3. The van der Waals surface area contributed by atoms with Crippen molar-refractivity contribution >= 4 is 32.4 Å². The number of hydrogen-bond donors (Lipinski definition) is 1. The fraction of sp³-hybridized carbons (Fsp3) is 0.304. The van der Waals surface area contributed by atoms with E-state index in [9.17, 15) is 13.2 Å². The summed E-state index contributed by atoms with van der Waals surface area (Å²) in [5.41, 5.74) is 2.62. The van der Waals surface area contributed by atoms with E-state index >= 15 is 0 Å². The molecule has 0 radical (unpaired) electrons. The van der Waals surface area contributed by atoms with Gasteiger partial charge in [-0.15, -0.1) is 11.3 Å². The molecule has 1 N–H and O–H groups in total. The van der Waals surface area contributed by atoms with Crippen LogP contribution in [0.5, 0.6) is 5.75 Å². The number of thiazole rings is 1. The van der Waals surface area contributed by atoms with Gasteiger partial charge in [0.2, 0.25) is 15.9 Å². The van der Waals surface area contributed by atoms with Gasteiger partial charge in [0.1, 0.15) is 5.75 Å². The fourth-order valence-corrected chi connectivity index (χ4v) is 5.57. The predicted molar refractivity (Wildman–Crippen MR) is 127 cm³/mol. The zero-order chi connectivity index (χ0) is 23.3. The number of nitrogens with one attached hydrogen (secondary N) is 1. The van der Waals surface area contributed by atoms with Crippen LogP contribution in [0.3, 0.4) is 0 Å². The van der Waals surface area contributed by atoms with E-state index in [0.717, 1.165) is 22.6 Å². The lowest BCUT2D eigenvalue weighted by Crippen LogP contribution is -2.40. The van der Waals surface area contributed by atoms with Gasteiger partial charge in [0, 0.05) is 30.5 Å². The third-order valence-corrected chi connectivity index (χ3v) is 7.98. The summed E-state index contributed by atoms with van der Waals surface area (Å²) in [7, 11) is -1.90. The highest BCUT2D eigenvalue weighted by Crippen LogP contribution is 2.26. The first kappa shape index (κ1) is 23.4. The molecule has 174 valence electrons. The number of amides is 1. The van der Waals surface area contributed by atoms with Crippen molar-refractivity contribution in [2.75, 3.05) is 38.7 Å². The molecule has 1 fully saturated rings. The quantitative estimate of drug-likeness (QED) is 0.523. The Morgan fingerprint density at radius 3 is 2.48 bits per heavy atom. The van der Waals surface area contributed by atoms with Crippen LogP contribution in [0.2, 0.25) is 0 Å². The SMILES string of the molecule is COc1ccc(-c2csc(NC(=O)CCc3ccc(S(=O)(=O)N4CCOCC4)cc3)n2)cc1. The Hall–Kier alpha value is -2.79. The largest absolute Gasteiger partial charge is 0.497 e. The van der Waals surface area contributed by atoms with Gasteiger partial charge in [-0.1, -0.05) is 12.1 Å². The van der Waals surface area contributed by atoms with Gasteiger partial charge in [-0.3, -0.25) is 4.79 Å². The minimum absolute atomic E-state index is 0.143. The van der Waals surface area contributed by atoms with E-state index in [2.05, 4.69) is 10.3 Å². The Kier molecular flexibility index (Phi) is 7.39. The van der Waals surface area contributed by atoms with Crippen molar-refractivity contribution < 1.29 is 22.7 Å². The lowest BCUT2D eigenvalue weighted by Gasteiger charge is -2.26. The van der Waals surface area contributed by atoms with Crippen molar-refractivity contribution in [3.05, 3.63) is 59.5 Å². The topological polar surface area (TPSA) is 97.8 Å². The average Bonchev–Trinajstić information content (AvgIpc) is 3.32. The van der Waals surface area contributed by atoms with E-state index in [1.807, 2.05) is 29.6 Å². The molecule has 10 heteroatoms. The van der Waals surface area contributed by atoms with Gasteiger partial charge in [-0.2, -0.15) is 4.31 Å². The third kappa shape index (κ3) is 5.77. The number of ether oxygens (including phenoxy) is 2. The smallest absolute Gasteiger partial charge is 0.243 e. The summed E-state index contributed by atoms with van der Waals surface area (Å²) >= 11 is 1.37. The molecule has 3 aromatic rings. The number of hydrogen-bond acceptors (Lipinski definition) is 7. The molecule has 0 unspecified atom stereocenters. The molecule has 1 aliphatic rings. The van der Waals surface area contributed by atoms with Crippen LogP contribution in [-0.2, 0) is 26.0 Å². The normalized spacial score (nSPS) is 14.7. The van der Waals surface area contributed by atoms with Crippen LogP contribution < -0.4 is 10.1 Å². The number of rotatable bonds is 8. The number of sulfonamides is 1. The van der Waals surface area contributed by atoms with Crippen LogP contribution in [0.1, 0.15) is 12.0 Å². The highest BCUT2D eigenvalue weighted by Gasteiger charge is 2.26. The number of anilines is 1. The monoisotopic (exact) mass is 487 g/mol. The molecule has 1 saturated heterocycles. The molecule has 1 aromatic heterocycles. The zero-order valence-corrected chi connectivity index (χ0v) is 19.8. The molecule has 8 nitrogen and oxygen atoms in total. The maximum atomic E-state index is 12.7. The molecule has 33 heavy (non-hydrogen) atoms. The number of aryl methyl sites for hydroxylation is 1.